The van der Waals surface area contributed by atoms with E-state index in [4.69, 9.17) is 5.41 Å². The number of ether oxygens (including phenoxy) is 1. The fraction of sp³-hybridized carbons (Fsp3) is 0.222. The summed E-state index contributed by atoms with van der Waals surface area (Å²) in [6, 6.07) is 1.65. The zero-order chi connectivity index (χ0) is 11.7. The summed E-state index contributed by atoms with van der Waals surface area (Å²) in [6.07, 6.45) is 0. The highest BCUT2D eigenvalue weighted by Gasteiger charge is 2.32. The molecule has 1 aromatic heterocycles. The smallest absolute Gasteiger partial charge is 0.350 e. The first kappa shape index (κ1) is 11.2. The first-order valence-corrected chi connectivity index (χ1v) is 6.21. The largest absolute Gasteiger partial charge is 0.465 e. The molecule has 2 rings (SSSR count). The standard InChI is InChI=1S/C9H8N2O3S2/c1-14-8(13)7-5(2-3-15-7)11-6(12)4-16-9(11)10/h2-3,10H,4H2,1H3. The van der Waals surface area contributed by atoms with Gasteiger partial charge in [-0.05, 0) is 11.4 Å². The van der Waals surface area contributed by atoms with Crippen LogP contribution in [-0.4, -0.2) is 29.9 Å². The first-order valence-electron chi connectivity index (χ1n) is 4.35. The molecule has 1 amide bonds. The number of carbonyl (C=O) groups is 2. The fourth-order valence-electron chi connectivity index (χ4n) is 1.34. The Kier molecular flexibility index (Phi) is 2.97. The van der Waals surface area contributed by atoms with Gasteiger partial charge in [-0.25, -0.2) is 4.79 Å². The van der Waals surface area contributed by atoms with Gasteiger partial charge in [-0.1, -0.05) is 11.8 Å². The molecule has 0 spiro atoms. The first-order chi connectivity index (χ1) is 7.65. The molecule has 0 bridgehead atoms. The quantitative estimate of drug-likeness (QED) is 0.815. The average molecular weight is 256 g/mol. The Hall–Kier alpha value is -1.34. The molecule has 16 heavy (non-hydrogen) atoms. The van der Waals surface area contributed by atoms with Crippen molar-refractivity contribution in [1.29, 1.82) is 5.41 Å². The highest BCUT2D eigenvalue weighted by Crippen LogP contribution is 2.32. The summed E-state index contributed by atoms with van der Waals surface area (Å²) < 4.78 is 4.62. The Morgan fingerprint density at radius 3 is 2.94 bits per heavy atom. The molecule has 84 valence electrons. The monoisotopic (exact) mass is 256 g/mol. The molecule has 0 unspecified atom stereocenters. The van der Waals surface area contributed by atoms with Gasteiger partial charge in [-0.15, -0.1) is 11.3 Å². The maximum Gasteiger partial charge on any atom is 0.350 e. The van der Waals surface area contributed by atoms with Crippen molar-refractivity contribution in [2.45, 2.75) is 0 Å². The predicted molar refractivity (Wildman–Crippen MR) is 63.3 cm³/mol. The lowest BCUT2D eigenvalue weighted by molar-refractivity contribution is -0.115. The van der Waals surface area contributed by atoms with E-state index >= 15 is 0 Å². The number of nitrogens with one attached hydrogen (secondary N) is 1. The summed E-state index contributed by atoms with van der Waals surface area (Å²) in [6.45, 7) is 0. The normalized spacial score (nSPS) is 15.7. The van der Waals surface area contributed by atoms with E-state index < -0.39 is 5.97 Å². The molecule has 0 saturated carbocycles. The summed E-state index contributed by atoms with van der Waals surface area (Å²) in [7, 11) is 1.29. The van der Waals surface area contributed by atoms with Crippen molar-refractivity contribution in [3.63, 3.8) is 0 Å². The van der Waals surface area contributed by atoms with E-state index in [1.807, 2.05) is 0 Å². The summed E-state index contributed by atoms with van der Waals surface area (Å²) in [5, 5.41) is 9.47. The number of thiophene rings is 1. The SMILES string of the molecule is COC(=O)c1sccc1N1C(=N)SCC1=O. The number of rotatable bonds is 2. The van der Waals surface area contributed by atoms with Crippen LogP contribution in [0.15, 0.2) is 11.4 Å². The Morgan fingerprint density at radius 2 is 2.38 bits per heavy atom. The van der Waals surface area contributed by atoms with E-state index in [0.717, 1.165) is 11.8 Å². The molecule has 0 radical (unpaired) electrons. The molecule has 0 atom stereocenters. The van der Waals surface area contributed by atoms with Gasteiger partial charge in [0.05, 0.1) is 18.6 Å². The number of amidine groups is 1. The van der Waals surface area contributed by atoms with Gasteiger partial charge in [0.15, 0.2) is 5.17 Å². The number of hydrogen-bond acceptors (Lipinski definition) is 6. The van der Waals surface area contributed by atoms with Gasteiger partial charge in [0.25, 0.3) is 0 Å². The van der Waals surface area contributed by atoms with E-state index in [-0.39, 0.29) is 16.8 Å². The maximum atomic E-state index is 11.6. The van der Waals surface area contributed by atoms with Gasteiger partial charge in [-0.3, -0.25) is 15.1 Å². The van der Waals surface area contributed by atoms with Crippen molar-refractivity contribution in [1.82, 2.24) is 0 Å². The molecule has 0 aliphatic carbocycles. The van der Waals surface area contributed by atoms with Crippen LogP contribution < -0.4 is 4.90 Å². The zero-order valence-corrected chi connectivity index (χ0v) is 9.98. The number of esters is 1. The van der Waals surface area contributed by atoms with E-state index in [9.17, 15) is 9.59 Å². The van der Waals surface area contributed by atoms with Gasteiger partial charge in [-0.2, -0.15) is 0 Å². The van der Waals surface area contributed by atoms with E-state index in [1.54, 1.807) is 11.4 Å². The predicted octanol–water partition coefficient (Wildman–Crippen LogP) is 1.55. The van der Waals surface area contributed by atoms with Crippen molar-refractivity contribution >= 4 is 45.8 Å². The van der Waals surface area contributed by atoms with Crippen LogP contribution >= 0.6 is 23.1 Å². The summed E-state index contributed by atoms with van der Waals surface area (Å²) in [4.78, 5) is 24.6. The lowest BCUT2D eigenvalue weighted by Crippen LogP contribution is -2.29. The number of thioether (sulfide) groups is 1. The highest BCUT2D eigenvalue weighted by atomic mass is 32.2. The topological polar surface area (TPSA) is 70.5 Å². The summed E-state index contributed by atoms with van der Waals surface area (Å²) in [5.41, 5.74) is 0.442. The molecule has 1 aromatic rings. The average Bonchev–Trinajstić information content (AvgIpc) is 2.84. The summed E-state index contributed by atoms with van der Waals surface area (Å²) in [5.74, 6) is -0.420. The molecule has 1 saturated heterocycles. The van der Waals surface area contributed by atoms with Gasteiger partial charge < -0.3 is 4.74 Å². The zero-order valence-electron chi connectivity index (χ0n) is 8.35. The fourth-order valence-corrected chi connectivity index (χ4v) is 2.85. The van der Waals surface area contributed by atoms with Crippen LogP contribution in [0.1, 0.15) is 9.67 Å². The maximum absolute atomic E-state index is 11.6. The molecule has 1 aliphatic rings. The summed E-state index contributed by atoms with van der Waals surface area (Å²) >= 11 is 2.35. The van der Waals surface area contributed by atoms with Crippen LogP contribution in [0.4, 0.5) is 5.69 Å². The van der Waals surface area contributed by atoms with Crippen LogP contribution in [0.2, 0.25) is 0 Å². The number of methoxy groups -OCH3 is 1. The van der Waals surface area contributed by atoms with Crippen LogP contribution in [0, 0.1) is 5.41 Å². The minimum Gasteiger partial charge on any atom is -0.465 e. The highest BCUT2D eigenvalue weighted by molar-refractivity contribution is 8.15. The van der Waals surface area contributed by atoms with Crippen LogP contribution in [-0.2, 0) is 9.53 Å². The van der Waals surface area contributed by atoms with Crippen LogP contribution in [0.5, 0.6) is 0 Å². The number of hydrogen-bond donors (Lipinski definition) is 1. The van der Waals surface area contributed by atoms with Gasteiger partial charge in [0.1, 0.15) is 4.88 Å². The van der Waals surface area contributed by atoms with Gasteiger partial charge >= 0.3 is 5.97 Å². The molecule has 0 aromatic carbocycles. The molecule has 1 aliphatic heterocycles. The Labute approximate surface area is 99.9 Å². The molecule has 1 N–H and O–H groups in total. The van der Waals surface area contributed by atoms with Crippen molar-refractivity contribution < 1.29 is 14.3 Å². The number of anilines is 1. The van der Waals surface area contributed by atoms with E-state index in [0.29, 0.717) is 10.6 Å². The Morgan fingerprint density at radius 1 is 1.62 bits per heavy atom. The molecule has 1 fully saturated rings. The van der Waals surface area contributed by atoms with Crippen molar-refractivity contribution in [2.24, 2.45) is 0 Å². The van der Waals surface area contributed by atoms with Gasteiger partial charge in [0, 0.05) is 0 Å². The Balaban J connectivity index is 2.40. The molecule has 2 heterocycles. The van der Waals surface area contributed by atoms with Crippen molar-refractivity contribution in [2.75, 3.05) is 17.8 Å². The second-order valence-electron chi connectivity index (χ2n) is 2.95. The van der Waals surface area contributed by atoms with E-state index in [1.165, 1.54) is 23.3 Å². The molecular weight excluding hydrogens is 248 g/mol. The number of amides is 1. The Bertz CT molecular complexity index is 453. The van der Waals surface area contributed by atoms with Gasteiger partial charge in [0.2, 0.25) is 5.91 Å². The number of carbonyl (C=O) groups excluding carboxylic acids is 2. The van der Waals surface area contributed by atoms with Crippen molar-refractivity contribution in [3.8, 4) is 0 Å². The minimum absolute atomic E-state index is 0.147. The van der Waals surface area contributed by atoms with Crippen LogP contribution in [0.3, 0.4) is 0 Å². The second-order valence-corrected chi connectivity index (χ2v) is 4.83. The number of nitrogens with zero attached hydrogens (tertiary/aromatic N) is 1. The second kappa shape index (κ2) is 4.26. The molecule has 5 nitrogen and oxygen atoms in total. The third-order valence-corrected chi connectivity index (χ3v) is 3.77. The molecular formula is C9H8N2O3S2. The third kappa shape index (κ3) is 1.72. The van der Waals surface area contributed by atoms with Crippen LogP contribution in [0.25, 0.3) is 0 Å². The lowest BCUT2D eigenvalue weighted by Gasteiger charge is -2.14. The van der Waals surface area contributed by atoms with E-state index in [2.05, 4.69) is 4.74 Å². The molecule has 7 heteroatoms. The minimum atomic E-state index is -0.484. The van der Waals surface area contributed by atoms with Crippen molar-refractivity contribution in [3.05, 3.63) is 16.3 Å². The third-order valence-electron chi connectivity index (χ3n) is 2.04. The lowest BCUT2D eigenvalue weighted by atomic mass is 10.3.